The maximum absolute atomic E-state index is 11.5. The second-order valence-corrected chi connectivity index (χ2v) is 3.58. The van der Waals surface area contributed by atoms with Crippen molar-refractivity contribution >= 4 is 0 Å². The van der Waals surface area contributed by atoms with Crippen LogP contribution in [0.25, 0.3) is 0 Å². The van der Waals surface area contributed by atoms with E-state index in [1.807, 2.05) is 0 Å². The molecule has 1 aromatic heterocycles. The molecule has 6 heteroatoms. The van der Waals surface area contributed by atoms with E-state index in [0.717, 1.165) is 0 Å². The van der Waals surface area contributed by atoms with Gasteiger partial charge in [0.05, 0.1) is 12.7 Å². The maximum atomic E-state index is 11.5. The topological polar surface area (TPSA) is 71.7 Å². The van der Waals surface area contributed by atoms with Gasteiger partial charge in [-0.15, -0.1) is 0 Å². The van der Waals surface area contributed by atoms with Gasteiger partial charge in [0, 0.05) is 39.1 Å². The van der Waals surface area contributed by atoms with Crippen molar-refractivity contribution in [3.63, 3.8) is 0 Å². The summed E-state index contributed by atoms with van der Waals surface area (Å²) in [7, 11) is 0. The molecule has 0 radical (unpaired) electrons. The second kappa shape index (κ2) is 5.71. The van der Waals surface area contributed by atoms with E-state index < -0.39 is 18.4 Å². The first-order chi connectivity index (χ1) is 7.22. The Balaban J connectivity index is 0.00000128. The summed E-state index contributed by atoms with van der Waals surface area (Å²) in [6, 6.07) is 4.73. The molecule has 1 aromatic rings. The molecule has 1 aliphatic rings. The van der Waals surface area contributed by atoms with Crippen molar-refractivity contribution < 1.29 is 35.4 Å². The third-order valence-electron chi connectivity index (χ3n) is 2.49. The van der Waals surface area contributed by atoms with Gasteiger partial charge in [0.25, 0.3) is 5.56 Å². The first-order valence-corrected chi connectivity index (χ1v) is 4.84. The summed E-state index contributed by atoms with van der Waals surface area (Å²) in [5, 5.41) is 18.6. The fourth-order valence-corrected chi connectivity index (χ4v) is 1.75. The Morgan fingerprint density at radius 2 is 2.25 bits per heavy atom. The van der Waals surface area contributed by atoms with Crippen molar-refractivity contribution in [1.82, 2.24) is 4.57 Å². The van der Waals surface area contributed by atoms with Crippen LogP contribution in [0.4, 0.5) is 0 Å². The number of rotatable bonds is 2. The predicted octanol–water partition coefficient (Wildman–Crippen LogP) is -0.514. The number of nitrogens with zero attached hydrogens (tertiary/aromatic N) is 1. The van der Waals surface area contributed by atoms with E-state index >= 15 is 0 Å². The quantitative estimate of drug-likeness (QED) is 0.721. The SMILES string of the molecule is O=c1ccccn1C1OC(CO)CC1O.[Pd]. The molecule has 0 aliphatic carbocycles. The molecule has 1 fully saturated rings. The molecule has 5 nitrogen and oxygen atoms in total. The molecule has 0 saturated carbocycles. The Kier molecular flexibility index (Phi) is 4.84. The molecule has 0 aromatic carbocycles. The van der Waals surface area contributed by atoms with Crippen LogP contribution in [-0.4, -0.2) is 33.6 Å². The molecule has 16 heavy (non-hydrogen) atoms. The zero-order valence-corrected chi connectivity index (χ0v) is 9.98. The Morgan fingerprint density at radius 3 is 2.81 bits per heavy atom. The van der Waals surface area contributed by atoms with Crippen molar-refractivity contribution in [3.8, 4) is 0 Å². The first-order valence-electron chi connectivity index (χ1n) is 4.84. The van der Waals surface area contributed by atoms with E-state index in [1.165, 1.54) is 10.6 Å². The number of aliphatic hydroxyl groups excluding tert-OH is 2. The van der Waals surface area contributed by atoms with E-state index in [1.54, 1.807) is 18.3 Å². The minimum Gasteiger partial charge on any atom is -0.394 e. The third-order valence-corrected chi connectivity index (χ3v) is 2.49. The smallest absolute Gasteiger partial charge is 0.252 e. The normalized spacial score (nSPS) is 28.8. The van der Waals surface area contributed by atoms with Crippen LogP contribution in [0, 0.1) is 0 Å². The average Bonchev–Trinajstić information content (AvgIpc) is 2.60. The van der Waals surface area contributed by atoms with E-state index in [2.05, 4.69) is 0 Å². The molecule has 2 rings (SSSR count). The zero-order chi connectivity index (χ0) is 10.8. The van der Waals surface area contributed by atoms with Crippen molar-refractivity contribution in [1.29, 1.82) is 0 Å². The molecule has 3 unspecified atom stereocenters. The summed E-state index contributed by atoms with van der Waals surface area (Å²) in [5.74, 6) is 0. The summed E-state index contributed by atoms with van der Waals surface area (Å²) >= 11 is 0. The van der Waals surface area contributed by atoms with Gasteiger partial charge in [0.2, 0.25) is 0 Å². The molecule has 3 atom stereocenters. The second-order valence-electron chi connectivity index (χ2n) is 3.58. The molecular formula is C10H13NO4Pd. The number of hydrogen-bond donors (Lipinski definition) is 2. The molecule has 2 heterocycles. The molecule has 0 bridgehead atoms. The fraction of sp³-hybridized carbons (Fsp3) is 0.500. The summed E-state index contributed by atoms with van der Waals surface area (Å²) in [5.41, 5.74) is -0.222. The number of ether oxygens (including phenoxy) is 1. The van der Waals surface area contributed by atoms with Gasteiger partial charge >= 0.3 is 0 Å². The minimum atomic E-state index is -0.748. The van der Waals surface area contributed by atoms with Gasteiger partial charge in [-0.2, -0.15) is 0 Å². The monoisotopic (exact) mass is 317 g/mol. The minimum absolute atomic E-state index is 0. The molecule has 0 amide bonds. The number of aromatic nitrogens is 1. The summed E-state index contributed by atoms with van der Waals surface area (Å²) < 4.78 is 6.69. The summed E-state index contributed by atoms with van der Waals surface area (Å²) in [6.45, 7) is -0.144. The van der Waals surface area contributed by atoms with Crippen LogP contribution in [0.1, 0.15) is 12.6 Å². The van der Waals surface area contributed by atoms with Crippen LogP contribution in [0.5, 0.6) is 0 Å². The molecule has 1 saturated heterocycles. The van der Waals surface area contributed by atoms with Crippen molar-refractivity contribution in [2.45, 2.75) is 24.9 Å². The van der Waals surface area contributed by atoms with E-state index in [-0.39, 0.29) is 32.6 Å². The summed E-state index contributed by atoms with van der Waals surface area (Å²) in [4.78, 5) is 11.5. The number of pyridine rings is 1. The molecule has 2 N–H and O–H groups in total. The van der Waals surface area contributed by atoms with E-state index in [4.69, 9.17) is 9.84 Å². The van der Waals surface area contributed by atoms with Crippen LogP contribution in [-0.2, 0) is 25.2 Å². The average molecular weight is 318 g/mol. The van der Waals surface area contributed by atoms with E-state index in [9.17, 15) is 9.90 Å². The first kappa shape index (κ1) is 13.6. The number of aliphatic hydroxyl groups is 2. The predicted molar refractivity (Wildman–Crippen MR) is 52.3 cm³/mol. The van der Waals surface area contributed by atoms with Crippen molar-refractivity contribution in [2.75, 3.05) is 6.61 Å². The van der Waals surface area contributed by atoms with Crippen LogP contribution in [0.15, 0.2) is 29.2 Å². The van der Waals surface area contributed by atoms with Gasteiger partial charge in [0.15, 0.2) is 6.23 Å². The van der Waals surface area contributed by atoms with Gasteiger partial charge in [-0.1, -0.05) is 6.07 Å². The van der Waals surface area contributed by atoms with Gasteiger partial charge in [-0.3, -0.25) is 9.36 Å². The fourth-order valence-electron chi connectivity index (χ4n) is 1.75. The van der Waals surface area contributed by atoms with Gasteiger partial charge in [-0.05, 0) is 6.07 Å². The van der Waals surface area contributed by atoms with Gasteiger partial charge in [0.1, 0.15) is 6.10 Å². The number of hydrogen-bond acceptors (Lipinski definition) is 4. The maximum Gasteiger partial charge on any atom is 0.252 e. The van der Waals surface area contributed by atoms with Crippen molar-refractivity contribution in [3.05, 3.63) is 34.7 Å². The van der Waals surface area contributed by atoms with Crippen LogP contribution >= 0.6 is 0 Å². The molecule has 92 valence electrons. The third kappa shape index (κ3) is 2.59. The Labute approximate surface area is 106 Å². The van der Waals surface area contributed by atoms with Crippen LogP contribution in [0.3, 0.4) is 0 Å². The molecule has 1 aliphatic heterocycles. The van der Waals surface area contributed by atoms with Gasteiger partial charge < -0.3 is 14.9 Å². The zero-order valence-electron chi connectivity index (χ0n) is 8.43. The summed E-state index contributed by atoms with van der Waals surface area (Å²) in [6.07, 6.45) is 0.0913. The molecule has 0 spiro atoms. The Bertz CT molecular complexity index is 394. The largest absolute Gasteiger partial charge is 0.394 e. The van der Waals surface area contributed by atoms with Crippen LogP contribution < -0.4 is 5.56 Å². The van der Waals surface area contributed by atoms with Crippen molar-refractivity contribution in [2.24, 2.45) is 0 Å². The van der Waals surface area contributed by atoms with Gasteiger partial charge in [-0.25, -0.2) is 0 Å². The Hall–Kier alpha value is -0.508. The van der Waals surface area contributed by atoms with Crippen LogP contribution in [0.2, 0.25) is 0 Å². The molecular weight excluding hydrogens is 305 g/mol. The standard InChI is InChI=1S/C10H13NO4.Pd/c12-6-7-5-8(13)10(15-7)11-4-2-1-3-9(11)14;/h1-4,7-8,10,12-13H,5-6H2;. The Morgan fingerprint density at radius 1 is 1.50 bits per heavy atom. The van der Waals surface area contributed by atoms with E-state index in [0.29, 0.717) is 6.42 Å².